The molecule has 0 spiro atoms. The van der Waals surface area contributed by atoms with Gasteiger partial charge in [-0.1, -0.05) is 13.3 Å². The third kappa shape index (κ3) is 5.21. The van der Waals surface area contributed by atoms with Gasteiger partial charge in [-0.3, -0.25) is 9.78 Å². The number of aromatic nitrogens is 1. The number of amides is 1. The van der Waals surface area contributed by atoms with Gasteiger partial charge in [0.05, 0.1) is 11.9 Å². The van der Waals surface area contributed by atoms with Crippen molar-refractivity contribution in [2.24, 2.45) is 0 Å². The van der Waals surface area contributed by atoms with E-state index in [-0.39, 0.29) is 11.5 Å². The topological polar surface area (TPSA) is 77.8 Å². The molecule has 1 rings (SSSR count). The molecule has 1 heterocycles. The number of nitrogens with one attached hydrogen (secondary N) is 2. The van der Waals surface area contributed by atoms with Crippen molar-refractivity contribution in [3.8, 4) is 6.07 Å². The summed E-state index contributed by atoms with van der Waals surface area (Å²) < 4.78 is 0. The summed E-state index contributed by atoms with van der Waals surface area (Å²) in [7, 11) is 0. The minimum Gasteiger partial charge on any atom is -0.359 e. The Morgan fingerprint density at radius 2 is 2.32 bits per heavy atom. The second-order valence-corrected chi connectivity index (χ2v) is 4.11. The van der Waals surface area contributed by atoms with Gasteiger partial charge in [-0.25, -0.2) is 0 Å². The number of pyridine rings is 1. The largest absolute Gasteiger partial charge is 0.359 e. The van der Waals surface area contributed by atoms with Crippen LogP contribution in [0.3, 0.4) is 0 Å². The first kappa shape index (κ1) is 14.7. The third-order valence-electron chi connectivity index (χ3n) is 2.48. The number of anilines is 1. The molecule has 0 saturated heterocycles. The fourth-order valence-electron chi connectivity index (χ4n) is 1.33. The van der Waals surface area contributed by atoms with Gasteiger partial charge in [0.15, 0.2) is 0 Å². The van der Waals surface area contributed by atoms with Crippen LogP contribution in [-0.4, -0.2) is 17.4 Å². The summed E-state index contributed by atoms with van der Waals surface area (Å²) in [6.45, 7) is 4.51. The maximum absolute atomic E-state index is 11.7. The molecule has 1 amide bonds. The minimum absolute atomic E-state index is 0.0525. The number of hydrogen-bond acceptors (Lipinski definition) is 4. The van der Waals surface area contributed by atoms with Gasteiger partial charge in [-0.05, 0) is 25.5 Å². The number of carbonyl (C=O) groups excluding carboxylic acids is 1. The Morgan fingerprint density at radius 1 is 1.53 bits per heavy atom. The van der Waals surface area contributed by atoms with Crippen LogP contribution in [0.25, 0.3) is 0 Å². The maximum atomic E-state index is 11.7. The van der Waals surface area contributed by atoms with Gasteiger partial charge >= 0.3 is 0 Å². The Morgan fingerprint density at radius 3 is 2.89 bits per heavy atom. The summed E-state index contributed by atoms with van der Waals surface area (Å²) in [6, 6.07) is 5.56. The first-order chi connectivity index (χ1) is 9.17. The van der Waals surface area contributed by atoms with Crippen molar-refractivity contribution in [2.45, 2.75) is 26.7 Å². The fourth-order valence-corrected chi connectivity index (χ4v) is 1.33. The van der Waals surface area contributed by atoms with Crippen molar-refractivity contribution in [1.82, 2.24) is 10.3 Å². The molecule has 0 unspecified atom stereocenters. The van der Waals surface area contributed by atoms with Crippen LogP contribution in [0.5, 0.6) is 0 Å². The summed E-state index contributed by atoms with van der Waals surface area (Å²) in [6.07, 6.45) is 4.95. The first-order valence-electron chi connectivity index (χ1n) is 6.25. The smallest absolute Gasteiger partial charge is 0.263 e. The van der Waals surface area contributed by atoms with E-state index in [4.69, 9.17) is 5.26 Å². The van der Waals surface area contributed by atoms with Crippen molar-refractivity contribution in [1.29, 1.82) is 5.26 Å². The highest BCUT2D eigenvalue weighted by molar-refractivity contribution is 5.97. The van der Waals surface area contributed by atoms with Crippen LogP contribution < -0.4 is 10.6 Å². The molecule has 1 aromatic rings. The molecule has 0 aromatic carbocycles. The predicted octanol–water partition coefficient (Wildman–Crippen LogP) is 2.13. The van der Waals surface area contributed by atoms with Crippen LogP contribution in [0, 0.1) is 18.3 Å². The van der Waals surface area contributed by atoms with E-state index in [0.29, 0.717) is 6.54 Å². The lowest BCUT2D eigenvalue weighted by atomic mass is 10.2. The van der Waals surface area contributed by atoms with Gasteiger partial charge in [-0.15, -0.1) is 0 Å². The maximum Gasteiger partial charge on any atom is 0.263 e. The summed E-state index contributed by atoms with van der Waals surface area (Å²) in [4.78, 5) is 15.8. The molecule has 0 saturated carbocycles. The van der Waals surface area contributed by atoms with Crippen LogP contribution in [0.2, 0.25) is 0 Å². The highest BCUT2D eigenvalue weighted by Gasteiger charge is 2.07. The first-order valence-corrected chi connectivity index (χ1v) is 6.25. The molecule has 5 heteroatoms. The van der Waals surface area contributed by atoms with Crippen LogP contribution in [0.1, 0.15) is 25.5 Å². The fraction of sp³-hybridized carbons (Fsp3) is 0.357. The summed E-state index contributed by atoms with van der Waals surface area (Å²) in [5.41, 5.74) is 1.70. The molecule has 0 bridgehead atoms. The Labute approximate surface area is 113 Å². The molecular formula is C14H18N4O. The van der Waals surface area contributed by atoms with Crippen molar-refractivity contribution < 1.29 is 4.79 Å². The van der Waals surface area contributed by atoms with Crippen LogP contribution in [0.4, 0.5) is 5.69 Å². The van der Waals surface area contributed by atoms with Crippen molar-refractivity contribution >= 4 is 11.6 Å². The number of rotatable bonds is 6. The summed E-state index contributed by atoms with van der Waals surface area (Å²) in [5, 5.41) is 14.5. The molecular weight excluding hydrogens is 240 g/mol. The lowest BCUT2D eigenvalue weighted by Crippen LogP contribution is -2.25. The Balaban J connectivity index is 2.59. The normalized spacial score (nSPS) is 10.7. The average Bonchev–Trinajstić information content (AvgIpc) is 2.42. The Kier molecular flexibility index (Phi) is 6.10. The average molecular weight is 258 g/mol. The number of hydrogen-bond donors (Lipinski definition) is 2. The number of nitriles is 1. The molecule has 0 aliphatic carbocycles. The molecule has 2 N–H and O–H groups in total. The molecule has 0 atom stereocenters. The van der Waals surface area contributed by atoms with E-state index in [9.17, 15) is 4.79 Å². The standard InChI is InChI=1S/C14H18N4O/c1-3-4-7-16-14(19)12(8-15)9-18-13-6-5-11(2)17-10-13/h5-6,9-10,18H,3-4,7H2,1-2H3,(H,16,19)/b12-9-. The molecule has 1 aromatic heterocycles. The molecule has 19 heavy (non-hydrogen) atoms. The molecule has 0 fully saturated rings. The molecule has 0 aliphatic rings. The van der Waals surface area contributed by atoms with Crippen molar-refractivity contribution in [2.75, 3.05) is 11.9 Å². The van der Waals surface area contributed by atoms with E-state index in [1.54, 1.807) is 6.20 Å². The Bertz CT molecular complexity index is 485. The van der Waals surface area contributed by atoms with E-state index in [2.05, 4.69) is 15.6 Å². The summed E-state index contributed by atoms with van der Waals surface area (Å²) in [5.74, 6) is -0.358. The van der Waals surface area contributed by atoms with Gasteiger partial charge in [0.2, 0.25) is 0 Å². The van der Waals surface area contributed by atoms with E-state index in [1.807, 2.05) is 32.0 Å². The second kappa shape index (κ2) is 7.88. The van der Waals surface area contributed by atoms with E-state index in [1.165, 1.54) is 6.20 Å². The zero-order chi connectivity index (χ0) is 14.1. The van der Waals surface area contributed by atoms with Crippen LogP contribution in [0.15, 0.2) is 30.1 Å². The zero-order valence-corrected chi connectivity index (χ0v) is 11.2. The molecule has 100 valence electrons. The summed E-state index contributed by atoms with van der Waals surface area (Å²) >= 11 is 0. The number of aryl methyl sites for hydroxylation is 1. The van der Waals surface area contributed by atoms with Gasteiger partial charge < -0.3 is 10.6 Å². The van der Waals surface area contributed by atoms with Crippen molar-refractivity contribution in [3.63, 3.8) is 0 Å². The van der Waals surface area contributed by atoms with Crippen molar-refractivity contribution in [3.05, 3.63) is 35.8 Å². The molecule has 5 nitrogen and oxygen atoms in total. The lowest BCUT2D eigenvalue weighted by molar-refractivity contribution is -0.117. The number of nitrogens with zero attached hydrogens (tertiary/aromatic N) is 2. The minimum atomic E-state index is -0.358. The quantitative estimate of drug-likeness (QED) is 0.465. The monoisotopic (exact) mass is 258 g/mol. The zero-order valence-electron chi connectivity index (χ0n) is 11.2. The highest BCUT2D eigenvalue weighted by atomic mass is 16.1. The number of unbranched alkanes of at least 4 members (excludes halogenated alkanes) is 1. The van der Waals surface area contributed by atoms with E-state index >= 15 is 0 Å². The number of carbonyl (C=O) groups is 1. The second-order valence-electron chi connectivity index (χ2n) is 4.11. The SMILES string of the molecule is CCCCNC(=O)/C(C#N)=C\Nc1ccc(C)nc1. The molecule has 0 aliphatic heterocycles. The van der Waals surface area contributed by atoms with Gasteiger partial charge in [0, 0.05) is 18.4 Å². The van der Waals surface area contributed by atoms with Gasteiger partial charge in [-0.2, -0.15) is 5.26 Å². The highest BCUT2D eigenvalue weighted by Crippen LogP contribution is 2.06. The van der Waals surface area contributed by atoms with Gasteiger partial charge in [0.1, 0.15) is 11.6 Å². The Hall–Kier alpha value is -2.35. The third-order valence-corrected chi connectivity index (χ3v) is 2.48. The predicted molar refractivity (Wildman–Crippen MR) is 74.2 cm³/mol. The molecule has 0 radical (unpaired) electrons. The van der Waals surface area contributed by atoms with Crippen LogP contribution >= 0.6 is 0 Å². The van der Waals surface area contributed by atoms with E-state index in [0.717, 1.165) is 24.2 Å². The van der Waals surface area contributed by atoms with E-state index < -0.39 is 0 Å². The van der Waals surface area contributed by atoms with Crippen LogP contribution in [-0.2, 0) is 4.79 Å². The van der Waals surface area contributed by atoms with Gasteiger partial charge in [0.25, 0.3) is 5.91 Å². The lowest BCUT2D eigenvalue weighted by Gasteiger charge is -2.04.